The van der Waals surface area contributed by atoms with Crippen molar-refractivity contribution in [1.29, 1.82) is 0 Å². The summed E-state index contributed by atoms with van der Waals surface area (Å²) in [5.41, 5.74) is -0.817. The van der Waals surface area contributed by atoms with Crippen LogP contribution in [-0.2, 0) is 30.4 Å². The Morgan fingerprint density at radius 1 is 0.812 bits per heavy atom. The first-order valence-corrected chi connectivity index (χ1v) is 17.5. The summed E-state index contributed by atoms with van der Waals surface area (Å²) in [5.74, 6) is -0.739. The van der Waals surface area contributed by atoms with Crippen LogP contribution in [0.5, 0.6) is 0 Å². The number of carbonyl (C=O) groups excluding carboxylic acids is 2. The van der Waals surface area contributed by atoms with E-state index in [1.54, 1.807) is 0 Å². The van der Waals surface area contributed by atoms with E-state index in [0.29, 0.717) is 24.5 Å². The lowest BCUT2D eigenvalue weighted by molar-refractivity contribution is 0.102. The number of nitrogens with one attached hydrogen (secondary N) is 1. The van der Waals surface area contributed by atoms with Crippen molar-refractivity contribution in [3.05, 3.63) is 94.0 Å². The molecule has 0 aliphatic carbocycles. The monoisotopic (exact) mass is 757 g/mol. The second-order valence-corrected chi connectivity index (χ2v) is 14.1. The Morgan fingerprint density at radius 2 is 1.44 bits per heavy atom. The van der Waals surface area contributed by atoms with Gasteiger partial charge in [-0.3, -0.25) is 23.2 Å². The number of halogens is 2. The smallest absolute Gasteiger partial charge is 0.294 e. The van der Waals surface area contributed by atoms with E-state index in [4.69, 9.17) is 23.2 Å². The Kier molecular flexibility index (Phi) is 10.8. The molecule has 4 aromatic rings. The molecule has 1 heterocycles. The largest absolute Gasteiger partial charge is 0.322 e. The fraction of sp³-hybridized carbons (Fsp3) is 0.0400. The number of carbonyl (C=O) groups is 2. The van der Waals surface area contributed by atoms with Crippen LogP contribution in [0, 0.1) is 0 Å². The minimum Gasteiger partial charge on any atom is -0.322 e. The number of anilines is 1. The van der Waals surface area contributed by atoms with E-state index < -0.39 is 62.8 Å². The molecule has 1 atom stereocenters. The number of amides is 1. The van der Waals surface area contributed by atoms with Crippen molar-refractivity contribution in [2.45, 2.75) is 20.9 Å². The summed E-state index contributed by atoms with van der Waals surface area (Å²) in [4.78, 5) is 29.3. The third kappa shape index (κ3) is 9.26. The summed E-state index contributed by atoms with van der Waals surface area (Å²) in [5, 5.41) is 17.6. The molecule has 250 valence electrons. The number of hydrogen-bond donors (Lipinski definition) is 4. The molecular formula is C25H17Cl2N7O11S3. The molecule has 0 fully saturated rings. The van der Waals surface area contributed by atoms with E-state index in [9.17, 15) is 48.5 Å². The van der Waals surface area contributed by atoms with Crippen LogP contribution in [0.4, 0.5) is 17.1 Å². The molecule has 0 bridgehead atoms. The third-order valence-corrected chi connectivity index (χ3v) is 8.82. The van der Waals surface area contributed by atoms with Crippen molar-refractivity contribution in [2.75, 3.05) is 5.32 Å². The van der Waals surface area contributed by atoms with Crippen molar-refractivity contribution >= 4 is 82.8 Å². The highest BCUT2D eigenvalue weighted by atomic mass is 35.5. The van der Waals surface area contributed by atoms with Gasteiger partial charge in [0.1, 0.15) is 5.15 Å². The molecule has 1 aromatic heterocycles. The molecule has 48 heavy (non-hydrogen) atoms. The van der Waals surface area contributed by atoms with Gasteiger partial charge in [-0.25, -0.2) is 9.97 Å². The van der Waals surface area contributed by atoms with Crippen LogP contribution in [0.15, 0.2) is 102 Å². The first-order chi connectivity index (χ1) is 22.3. The number of aromatic nitrogens is 2. The molecule has 0 aliphatic heterocycles. The molecule has 0 radical (unpaired) electrons. The van der Waals surface area contributed by atoms with Crippen LogP contribution in [0.25, 0.3) is 0 Å². The standard InChI is InChI=1S/C25H17Cl2N7O11S3/c26-22-20(11-28-25(27)30-22)24(36)29-15-4-5-21(14(6-15)12-35)32-34-23(13-2-1-3-17(7-13)46(37,38)39)33-31-16-8-18(47(40,41)42)10-19(9-16)48(43,44)45/h1-12,23H,(H,29,36)(H,37,38,39)(H,40,41,42)(H,43,44,45). The fourth-order valence-electron chi connectivity index (χ4n) is 3.65. The molecule has 1 unspecified atom stereocenters. The van der Waals surface area contributed by atoms with Crippen LogP contribution < -0.4 is 5.32 Å². The molecule has 0 saturated carbocycles. The van der Waals surface area contributed by atoms with Crippen molar-refractivity contribution in [3.63, 3.8) is 0 Å². The van der Waals surface area contributed by atoms with Crippen molar-refractivity contribution in [2.24, 2.45) is 20.5 Å². The highest BCUT2D eigenvalue weighted by Crippen LogP contribution is 2.31. The molecule has 0 saturated heterocycles. The SMILES string of the molecule is O=Cc1cc(NC(=O)c2cnc(Cl)nc2Cl)ccc1N=NC(N=Nc1cc(S(=O)(=O)O)cc(S(=O)(=O)O)c1)c1cccc(S(=O)(=O)O)c1. The Hall–Kier alpha value is -4.61. The van der Waals surface area contributed by atoms with Gasteiger partial charge in [-0.05, 0) is 60.1 Å². The highest BCUT2D eigenvalue weighted by Gasteiger charge is 2.20. The summed E-state index contributed by atoms with van der Waals surface area (Å²) in [6.07, 6.45) is -0.138. The van der Waals surface area contributed by atoms with Gasteiger partial charge in [-0.2, -0.15) is 45.7 Å². The zero-order valence-electron chi connectivity index (χ0n) is 23.3. The van der Waals surface area contributed by atoms with Crippen molar-refractivity contribution in [1.82, 2.24) is 9.97 Å². The molecule has 18 nitrogen and oxygen atoms in total. The van der Waals surface area contributed by atoms with Gasteiger partial charge in [0.15, 0.2) is 6.29 Å². The van der Waals surface area contributed by atoms with Gasteiger partial charge in [0.2, 0.25) is 11.4 Å². The maximum Gasteiger partial charge on any atom is 0.294 e. The molecular weight excluding hydrogens is 741 g/mol. The van der Waals surface area contributed by atoms with Crippen molar-refractivity contribution in [3.8, 4) is 0 Å². The van der Waals surface area contributed by atoms with E-state index in [-0.39, 0.29) is 38.5 Å². The number of rotatable bonds is 11. The molecule has 1 amide bonds. The Balaban J connectivity index is 1.74. The number of nitrogens with zero attached hydrogens (tertiary/aromatic N) is 6. The molecule has 0 spiro atoms. The van der Waals surface area contributed by atoms with E-state index in [0.717, 1.165) is 18.3 Å². The quantitative estimate of drug-likeness (QED) is 0.0506. The highest BCUT2D eigenvalue weighted by molar-refractivity contribution is 7.86. The first kappa shape index (κ1) is 36.2. The average molecular weight is 759 g/mol. The van der Waals surface area contributed by atoms with Crippen LogP contribution in [0.1, 0.15) is 32.4 Å². The molecule has 0 aliphatic rings. The first-order valence-electron chi connectivity index (χ1n) is 12.4. The Morgan fingerprint density at radius 3 is 2.02 bits per heavy atom. The zero-order chi connectivity index (χ0) is 35.4. The minimum atomic E-state index is -5.00. The van der Waals surface area contributed by atoms with E-state index in [2.05, 4.69) is 35.7 Å². The van der Waals surface area contributed by atoms with E-state index in [1.807, 2.05) is 0 Å². The lowest BCUT2D eigenvalue weighted by atomic mass is 10.1. The lowest BCUT2D eigenvalue weighted by Gasteiger charge is -2.09. The van der Waals surface area contributed by atoms with Gasteiger partial charge in [-0.1, -0.05) is 23.7 Å². The van der Waals surface area contributed by atoms with Crippen LogP contribution in [-0.4, -0.2) is 61.1 Å². The molecule has 4 N–H and O–H groups in total. The molecule has 3 aromatic carbocycles. The third-order valence-electron chi connectivity index (χ3n) is 5.84. The van der Waals surface area contributed by atoms with Gasteiger partial charge in [0.25, 0.3) is 36.3 Å². The normalized spacial score (nSPS) is 13.1. The summed E-state index contributed by atoms with van der Waals surface area (Å²) in [6.45, 7) is 0. The van der Waals surface area contributed by atoms with E-state index >= 15 is 0 Å². The molecule has 4 rings (SSSR count). The summed E-state index contributed by atoms with van der Waals surface area (Å²) in [6, 6.07) is 10.2. The number of benzene rings is 3. The van der Waals surface area contributed by atoms with Gasteiger partial charge >= 0.3 is 0 Å². The number of aldehydes is 1. The zero-order valence-corrected chi connectivity index (χ0v) is 27.2. The molecule has 23 heteroatoms. The van der Waals surface area contributed by atoms with Gasteiger partial charge < -0.3 is 5.32 Å². The maximum atomic E-state index is 12.6. The van der Waals surface area contributed by atoms with Crippen LogP contribution in [0.3, 0.4) is 0 Å². The van der Waals surface area contributed by atoms with Crippen LogP contribution in [0.2, 0.25) is 10.4 Å². The summed E-state index contributed by atoms with van der Waals surface area (Å²) >= 11 is 11.6. The summed E-state index contributed by atoms with van der Waals surface area (Å²) < 4.78 is 98.5. The second kappa shape index (κ2) is 14.2. The maximum absolute atomic E-state index is 12.6. The van der Waals surface area contributed by atoms with Gasteiger partial charge in [0, 0.05) is 23.0 Å². The van der Waals surface area contributed by atoms with E-state index in [1.165, 1.54) is 30.3 Å². The fourth-order valence-corrected chi connectivity index (χ4v) is 5.74. The predicted octanol–water partition coefficient (Wildman–Crippen LogP) is 5.15. The Labute approximate surface area is 280 Å². The lowest BCUT2D eigenvalue weighted by Crippen LogP contribution is -2.13. The Bertz CT molecular complexity index is 2290. The number of hydrogen-bond acceptors (Lipinski definition) is 14. The van der Waals surface area contributed by atoms with Crippen LogP contribution >= 0.6 is 23.2 Å². The van der Waals surface area contributed by atoms with Gasteiger partial charge in [0.05, 0.1) is 31.6 Å². The minimum absolute atomic E-state index is 0.0721. The number of azo groups is 2. The summed E-state index contributed by atoms with van der Waals surface area (Å²) in [7, 11) is -14.7. The van der Waals surface area contributed by atoms with Crippen molar-refractivity contribution < 1.29 is 48.5 Å². The topological polar surface area (TPSA) is 284 Å². The average Bonchev–Trinajstić information content (AvgIpc) is 3.00. The second-order valence-electron chi connectivity index (χ2n) is 9.15. The predicted molar refractivity (Wildman–Crippen MR) is 166 cm³/mol. The van der Waals surface area contributed by atoms with Gasteiger partial charge in [-0.15, -0.1) is 0 Å².